The Hall–Kier alpha value is -8.24. The zero-order valence-electron chi connectivity index (χ0n) is 41.2. The number of nitrogens with zero attached hydrogens (tertiary/aromatic N) is 11. The molecule has 2 aliphatic heterocycles. The van der Waals surface area contributed by atoms with E-state index in [1.807, 2.05) is 30.3 Å². The van der Waals surface area contributed by atoms with Gasteiger partial charge in [-0.05, 0) is 124 Å². The van der Waals surface area contributed by atoms with Crippen molar-refractivity contribution in [1.82, 2.24) is 44.4 Å². The van der Waals surface area contributed by atoms with E-state index in [0.29, 0.717) is 60.3 Å². The van der Waals surface area contributed by atoms with Crippen molar-refractivity contribution in [2.45, 2.75) is 56.5 Å². The maximum absolute atomic E-state index is 14.7. The molecule has 2 aliphatic rings. The van der Waals surface area contributed by atoms with Gasteiger partial charge in [-0.2, -0.15) is 41.3 Å². The molecule has 0 unspecified atom stereocenters. The summed E-state index contributed by atoms with van der Waals surface area (Å²) in [5, 5.41) is 21.9. The van der Waals surface area contributed by atoms with Gasteiger partial charge in [0.05, 0.1) is 59.4 Å². The van der Waals surface area contributed by atoms with E-state index in [-0.39, 0.29) is 65.0 Å². The van der Waals surface area contributed by atoms with Crippen LogP contribution < -0.4 is 19.7 Å². The van der Waals surface area contributed by atoms with Crippen LogP contribution in [-0.4, -0.2) is 84.1 Å². The van der Waals surface area contributed by atoms with Crippen LogP contribution in [0, 0.1) is 34.5 Å². The molecule has 10 rings (SSSR count). The highest BCUT2D eigenvalue weighted by molar-refractivity contribution is 5.85. The average molecular weight is 1050 g/mol. The number of fused-ring (bicyclic) bond motifs is 2. The van der Waals surface area contributed by atoms with E-state index in [1.165, 1.54) is 43.1 Å². The number of hydrogen-bond donors (Lipinski definition) is 1. The fourth-order valence-corrected chi connectivity index (χ4v) is 8.92. The normalized spacial score (nSPS) is 14.7. The number of imidazole rings is 2. The molecule has 0 aliphatic carbocycles. The first-order chi connectivity index (χ1) is 36.4. The largest absolute Gasteiger partial charge is 0.493 e. The molecule has 2 saturated heterocycles. The molecule has 22 heteroatoms. The first-order valence-electron chi connectivity index (χ1n) is 24.2. The monoisotopic (exact) mass is 1050 g/mol. The number of nitrogens with one attached hydrogen (secondary N) is 1. The van der Waals surface area contributed by atoms with Gasteiger partial charge < -0.3 is 28.8 Å². The number of nitriles is 2. The zero-order chi connectivity index (χ0) is 54.0. The number of ether oxygens (including phenoxy) is 2. The number of rotatable bonds is 11. The molecule has 8 heterocycles. The summed E-state index contributed by atoms with van der Waals surface area (Å²) in [6.07, 6.45) is 0.155. The van der Waals surface area contributed by atoms with Crippen LogP contribution in [0.25, 0.3) is 44.6 Å². The van der Waals surface area contributed by atoms with E-state index in [0.717, 1.165) is 43.9 Å². The van der Waals surface area contributed by atoms with Crippen LogP contribution in [0.4, 0.5) is 40.9 Å². The Labute approximate surface area is 431 Å². The number of halogens is 8. The smallest absolute Gasteiger partial charge is 0.419 e. The summed E-state index contributed by atoms with van der Waals surface area (Å²) in [5.74, 6) is 0.339. The van der Waals surface area contributed by atoms with Gasteiger partial charge in [0, 0.05) is 57.1 Å². The molecule has 1 N–H and O–H groups in total. The minimum absolute atomic E-state index is 0.0258. The lowest BCUT2D eigenvalue weighted by Crippen LogP contribution is -2.39. The second-order valence-corrected chi connectivity index (χ2v) is 18.2. The highest BCUT2D eigenvalue weighted by Crippen LogP contribution is 2.41. The standard InChI is InChI=1S/C27H25F3N6O.C22H21F4N5O.C5H4FN/c1-35-17-33-26-22(16-31)34-21(15-23(26)35)19-5-6-24(20(14-19)27(28,29)30)37-13-9-18-7-11-36(12-8-18)25-4-2-3-10-32-25;1-31-13-29-20-17(12-27)30-16(11-18(20)31)14-2-3-19(15(10-14)22(24,25)26)32-9-6-21(23)4-7-28-8-5-21;6-5-3-1-2-4-7-5/h2-6,10,14-15,17-18H,7-9,11-13H2,1H3;2-3,10-11,13,28H,4-9H2,1H3;1-4H. The molecule has 0 spiro atoms. The van der Waals surface area contributed by atoms with Crippen LogP contribution in [0.15, 0.2) is 110 Å². The lowest BCUT2D eigenvalue weighted by molar-refractivity contribution is -0.139. The minimum Gasteiger partial charge on any atom is -0.493 e. The Morgan fingerprint density at radius 3 is 1.63 bits per heavy atom. The Bertz CT molecular complexity index is 3340. The summed E-state index contributed by atoms with van der Waals surface area (Å²) in [6, 6.07) is 25.1. The molecule has 0 amide bonds. The Kier molecular flexibility index (Phi) is 16.7. The molecule has 0 atom stereocenters. The van der Waals surface area contributed by atoms with Crippen LogP contribution in [0.2, 0.25) is 0 Å². The van der Waals surface area contributed by atoms with E-state index in [4.69, 9.17) is 9.47 Å². The number of aromatic nitrogens is 8. The number of piperidine rings is 2. The van der Waals surface area contributed by atoms with Crippen molar-refractivity contribution in [2.24, 2.45) is 20.0 Å². The number of aryl methyl sites for hydroxylation is 2. The van der Waals surface area contributed by atoms with Gasteiger partial charge >= 0.3 is 12.4 Å². The fraction of sp³-hybridized carbons (Fsp3) is 0.333. The first-order valence-corrected chi connectivity index (χ1v) is 24.2. The molecule has 2 aromatic carbocycles. The van der Waals surface area contributed by atoms with Crippen LogP contribution in [-0.2, 0) is 26.4 Å². The molecule has 0 bridgehead atoms. The molecule has 76 heavy (non-hydrogen) atoms. The third kappa shape index (κ3) is 13.2. The van der Waals surface area contributed by atoms with Gasteiger partial charge in [0.1, 0.15) is 46.2 Å². The van der Waals surface area contributed by atoms with Gasteiger partial charge in [-0.15, -0.1) is 0 Å². The predicted octanol–water partition coefficient (Wildman–Crippen LogP) is 11.2. The van der Waals surface area contributed by atoms with Crippen molar-refractivity contribution in [1.29, 1.82) is 10.5 Å². The third-order valence-corrected chi connectivity index (χ3v) is 13.1. The van der Waals surface area contributed by atoms with E-state index < -0.39 is 35.1 Å². The maximum Gasteiger partial charge on any atom is 0.419 e. The van der Waals surface area contributed by atoms with Crippen molar-refractivity contribution in [3.8, 4) is 46.2 Å². The maximum atomic E-state index is 14.7. The van der Waals surface area contributed by atoms with Crippen molar-refractivity contribution < 1.29 is 44.6 Å². The topological polar surface area (TPSA) is 169 Å². The Morgan fingerprint density at radius 2 is 1.18 bits per heavy atom. The summed E-state index contributed by atoms with van der Waals surface area (Å²) < 4.78 is 124. The molecule has 394 valence electrons. The van der Waals surface area contributed by atoms with Gasteiger partial charge in [-0.3, -0.25) is 0 Å². The summed E-state index contributed by atoms with van der Waals surface area (Å²) in [4.78, 5) is 26.6. The number of hydrogen-bond acceptors (Lipinski definition) is 12. The van der Waals surface area contributed by atoms with Crippen molar-refractivity contribution in [3.63, 3.8) is 0 Å². The van der Waals surface area contributed by atoms with Crippen molar-refractivity contribution >= 4 is 27.9 Å². The van der Waals surface area contributed by atoms with Crippen molar-refractivity contribution in [2.75, 3.05) is 44.3 Å². The third-order valence-electron chi connectivity index (χ3n) is 13.1. The van der Waals surface area contributed by atoms with E-state index in [1.54, 1.807) is 59.8 Å². The highest BCUT2D eigenvalue weighted by atomic mass is 19.4. The Morgan fingerprint density at radius 1 is 0.671 bits per heavy atom. The van der Waals surface area contributed by atoms with Crippen molar-refractivity contribution in [3.05, 3.63) is 138 Å². The number of benzene rings is 2. The number of pyridine rings is 4. The molecule has 6 aromatic heterocycles. The first kappa shape index (κ1) is 54.0. The van der Waals surface area contributed by atoms with Gasteiger partial charge in [-0.1, -0.05) is 12.1 Å². The zero-order valence-corrected chi connectivity index (χ0v) is 41.2. The number of alkyl halides is 7. The second-order valence-electron chi connectivity index (χ2n) is 18.2. The van der Waals surface area contributed by atoms with Gasteiger partial charge in [0.15, 0.2) is 11.4 Å². The minimum atomic E-state index is -4.68. The van der Waals surface area contributed by atoms with Crippen LogP contribution >= 0.6 is 0 Å². The molecule has 8 aromatic rings. The quantitative estimate of drug-likeness (QED) is 0.0963. The molecular weight excluding hydrogens is 1000 g/mol. The van der Waals surface area contributed by atoms with Crippen LogP contribution in [0.3, 0.4) is 0 Å². The lowest BCUT2D eigenvalue weighted by Gasteiger charge is -2.32. The van der Waals surface area contributed by atoms with E-state index in [9.17, 15) is 45.6 Å². The predicted molar refractivity (Wildman–Crippen MR) is 267 cm³/mol. The highest BCUT2D eigenvalue weighted by Gasteiger charge is 2.37. The fourth-order valence-electron chi connectivity index (χ4n) is 8.92. The molecule has 14 nitrogen and oxygen atoms in total. The summed E-state index contributed by atoms with van der Waals surface area (Å²) in [7, 11) is 3.47. The Balaban J connectivity index is 0.000000180. The molecule has 0 saturated carbocycles. The SMILES string of the molecule is Cn1cnc2c(C#N)nc(-c3ccc(OCCC4(F)CCNCC4)c(C(F)(F)F)c3)cc21.Cn1cnc2c(C#N)nc(-c3ccc(OCCC4CCN(c5ccccn5)CC4)c(C(F)(F)F)c3)cc21.Fc1ccccn1. The van der Waals surface area contributed by atoms with E-state index in [2.05, 4.69) is 40.1 Å². The van der Waals surface area contributed by atoms with Crippen LogP contribution in [0.1, 0.15) is 61.0 Å². The van der Waals surface area contributed by atoms with E-state index >= 15 is 0 Å². The molecular formula is C54H50F8N12O2. The molecule has 0 radical (unpaired) electrons. The molecule has 2 fully saturated rings. The van der Waals surface area contributed by atoms with Gasteiger partial charge in [-0.25, -0.2) is 34.3 Å². The second kappa shape index (κ2) is 23.5. The average Bonchev–Trinajstić information content (AvgIpc) is 3.99. The van der Waals surface area contributed by atoms with Crippen LogP contribution in [0.5, 0.6) is 11.5 Å². The summed E-state index contributed by atoms with van der Waals surface area (Å²) in [5.41, 5.74) is -0.261. The summed E-state index contributed by atoms with van der Waals surface area (Å²) >= 11 is 0. The summed E-state index contributed by atoms with van der Waals surface area (Å²) in [6.45, 7) is 2.85. The van der Waals surface area contributed by atoms with Gasteiger partial charge in [0.2, 0.25) is 5.95 Å². The lowest BCUT2D eigenvalue weighted by atomic mass is 9.91. The van der Waals surface area contributed by atoms with Gasteiger partial charge in [0.25, 0.3) is 0 Å². The number of anilines is 1.